The Morgan fingerprint density at radius 1 is 1.44 bits per heavy atom. The Labute approximate surface area is 104 Å². The van der Waals surface area contributed by atoms with Gasteiger partial charge in [0.1, 0.15) is 6.20 Å². The molecule has 0 fully saturated rings. The van der Waals surface area contributed by atoms with Crippen molar-refractivity contribution in [3.05, 3.63) is 51.2 Å². The van der Waals surface area contributed by atoms with Gasteiger partial charge in [0, 0.05) is 0 Å². The van der Waals surface area contributed by atoms with Crippen molar-refractivity contribution in [2.75, 3.05) is 5.73 Å². The molecule has 0 unspecified atom stereocenters. The van der Waals surface area contributed by atoms with Crippen LogP contribution in [0.5, 0.6) is 0 Å². The molecule has 6 heteroatoms. The Kier molecular flexibility index (Phi) is 3.01. The van der Waals surface area contributed by atoms with Crippen LogP contribution in [0, 0.1) is 24.0 Å². The van der Waals surface area contributed by atoms with Crippen LogP contribution in [0.4, 0.5) is 11.5 Å². The zero-order valence-electron chi connectivity index (χ0n) is 10.3. The Hall–Kier alpha value is -2.37. The van der Waals surface area contributed by atoms with E-state index in [4.69, 9.17) is 5.73 Å². The van der Waals surface area contributed by atoms with E-state index in [2.05, 4.69) is 5.10 Å². The third-order valence-corrected chi connectivity index (χ3v) is 3.09. The van der Waals surface area contributed by atoms with E-state index >= 15 is 0 Å². The van der Waals surface area contributed by atoms with Crippen molar-refractivity contribution in [3.8, 4) is 0 Å². The van der Waals surface area contributed by atoms with Crippen LogP contribution >= 0.6 is 0 Å². The summed E-state index contributed by atoms with van der Waals surface area (Å²) in [6, 6.07) is 5.94. The first kappa shape index (κ1) is 12.1. The first-order valence-electron chi connectivity index (χ1n) is 5.51. The minimum atomic E-state index is -0.526. The van der Waals surface area contributed by atoms with Crippen molar-refractivity contribution in [1.29, 1.82) is 0 Å². The van der Waals surface area contributed by atoms with Crippen molar-refractivity contribution < 1.29 is 4.92 Å². The third-order valence-electron chi connectivity index (χ3n) is 3.09. The van der Waals surface area contributed by atoms with Crippen LogP contribution in [0.1, 0.15) is 16.7 Å². The highest BCUT2D eigenvalue weighted by Crippen LogP contribution is 2.22. The van der Waals surface area contributed by atoms with Crippen LogP contribution in [0.15, 0.2) is 24.4 Å². The van der Waals surface area contributed by atoms with E-state index in [-0.39, 0.29) is 11.5 Å². The molecule has 0 saturated carbocycles. The number of benzene rings is 1. The maximum atomic E-state index is 10.7. The van der Waals surface area contributed by atoms with Gasteiger partial charge in [0.15, 0.2) is 0 Å². The van der Waals surface area contributed by atoms with Crippen LogP contribution in [0.3, 0.4) is 0 Å². The highest BCUT2D eigenvalue weighted by molar-refractivity contribution is 5.51. The number of nitrogen functional groups attached to an aromatic ring is 1. The summed E-state index contributed by atoms with van der Waals surface area (Å²) >= 11 is 0. The number of rotatable bonds is 3. The van der Waals surface area contributed by atoms with Gasteiger partial charge in [0.2, 0.25) is 5.82 Å². The maximum Gasteiger partial charge on any atom is 0.330 e. The van der Waals surface area contributed by atoms with Crippen molar-refractivity contribution >= 4 is 11.5 Å². The van der Waals surface area contributed by atoms with Crippen molar-refractivity contribution in [2.24, 2.45) is 0 Å². The first-order valence-corrected chi connectivity index (χ1v) is 5.51. The van der Waals surface area contributed by atoms with Gasteiger partial charge in [-0.15, -0.1) is 0 Å². The standard InChI is InChI=1S/C12H14N4O2/c1-8-4-3-5-10(9(8)2)7-15-12(13)11(6-14-15)16(17)18/h3-6H,7,13H2,1-2H3. The Balaban J connectivity index is 2.35. The predicted molar refractivity (Wildman–Crippen MR) is 68.3 cm³/mol. The lowest BCUT2D eigenvalue weighted by molar-refractivity contribution is -0.384. The number of nitrogens with zero attached hydrogens (tertiary/aromatic N) is 3. The van der Waals surface area contributed by atoms with Gasteiger partial charge in [0.05, 0.1) is 11.5 Å². The van der Waals surface area contributed by atoms with Crippen molar-refractivity contribution in [1.82, 2.24) is 9.78 Å². The predicted octanol–water partition coefficient (Wildman–Crippen LogP) is 2.04. The summed E-state index contributed by atoms with van der Waals surface area (Å²) in [6.07, 6.45) is 1.18. The average molecular weight is 246 g/mol. The number of hydrogen-bond acceptors (Lipinski definition) is 4. The largest absolute Gasteiger partial charge is 0.378 e. The fourth-order valence-corrected chi connectivity index (χ4v) is 1.80. The van der Waals surface area contributed by atoms with Gasteiger partial charge in [-0.05, 0) is 30.5 Å². The molecule has 0 aliphatic heterocycles. The fourth-order valence-electron chi connectivity index (χ4n) is 1.80. The lowest BCUT2D eigenvalue weighted by Crippen LogP contribution is -2.08. The highest BCUT2D eigenvalue weighted by atomic mass is 16.6. The Bertz CT molecular complexity index is 604. The molecule has 18 heavy (non-hydrogen) atoms. The summed E-state index contributed by atoms with van der Waals surface area (Å²) in [6.45, 7) is 4.47. The number of aryl methyl sites for hydroxylation is 1. The Morgan fingerprint density at radius 3 is 2.78 bits per heavy atom. The number of aromatic nitrogens is 2. The fraction of sp³-hybridized carbons (Fsp3) is 0.250. The molecule has 2 aromatic rings. The zero-order valence-corrected chi connectivity index (χ0v) is 10.3. The van der Waals surface area contributed by atoms with Crippen LogP contribution in [-0.2, 0) is 6.54 Å². The number of nitrogens with two attached hydrogens (primary N) is 1. The van der Waals surface area contributed by atoms with Crippen LogP contribution in [0.25, 0.3) is 0 Å². The van der Waals surface area contributed by atoms with Gasteiger partial charge in [-0.25, -0.2) is 4.68 Å². The zero-order chi connectivity index (χ0) is 13.3. The van der Waals surface area contributed by atoms with Gasteiger partial charge < -0.3 is 5.73 Å². The minimum absolute atomic E-state index is 0.0842. The maximum absolute atomic E-state index is 10.7. The molecule has 1 heterocycles. The molecule has 0 atom stereocenters. The molecule has 0 aliphatic carbocycles. The molecule has 0 amide bonds. The second-order valence-corrected chi connectivity index (χ2v) is 4.19. The molecule has 2 rings (SSSR count). The molecular weight excluding hydrogens is 232 g/mol. The molecular formula is C12H14N4O2. The molecule has 0 radical (unpaired) electrons. The summed E-state index contributed by atoms with van der Waals surface area (Å²) in [7, 11) is 0. The second kappa shape index (κ2) is 4.48. The van der Waals surface area contributed by atoms with Crippen LogP contribution < -0.4 is 5.73 Å². The number of nitro groups is 1. The van der Waals surface area contributed by atoms with E-state index in [1.165, 1.54) is 16.4 Å². The van der Waals surface area contributed by atoms with E-state index in [1.807, 2.05) is 32.0 Å². The number of hydrogen-bond donors (Lipinski definition) is 1. The molecule has 1 aromatic carbocycles. The van der Waals surface area contributed by atoms with Gasteiger partial charge >= 0.3 is 5.69 Å². The summed E-state index contributed by atoms with van der Waals surface area (Å²) < 4.78 is 1.44. The smallest absolute Gasteiger partial charge is 0.330 e. The first-order chi connectivity index (χ1) is 8.50. The molecule has 0 spiro atoms. The van der Waals surface area contributed by atoms with E-state index in [1.54, 1.807) is 0 Å². The van der Waals surface area contributed by atoms with E-state index in [0.29, 0.717) is 6.54 Å². The number of anilines is 1. The second-order valence-electron chi connectivity index (χ2n) is 4.19. The van der Waals surface area contributed by atoms with Gasteiger partial charge in [-0.1, -0.05) is 18.2 Å². The van der Waals surface area contributed by atoms with E-state index in [9.17, 15) is 10.1 Å². The van der Waals surface area contributed by atoms with Crippen molar-refractivity contribution in [3.63, 3.8) is 0 Å². The molecule has 0 bridgehead atoms. The molecule has 0 saturated heterocycles. The van der Waals surface area contributed by atoms with Crippen molar-refractivity contribution in [2.45, 2.75) is 20.4 Å². The van der Waals surface area contributed by atoms with Crippen LogP contribution in [0.2, 0.25) is 0 Å². The van der Waals surface area contributed by atoms with E-state index in [0.717, 1.165) is 11.1 Å². The molecule has 1 aromatic heterocycles. The SMILES string of the molecule is Cc1cccc(Cn2ncc([N+](=O)[O-])c2N)c1C. The lowest BCUT2D eigenvalue weighted by Gasteiger charge is -2.09. The lowest BCUT2D eigenvalue weighted by atomic mass is 10.0. The third kappa shape index (κ3) is 2.04. The molecule has 2 N–H and O–H groups in total. The molecule has 0 aliphatic rings. The average Bonchev–Trinajstić information content (AvgIpc) is 2.67. The van der Waals surface area contributed by atoms with Gasteiger partial charge in [-0.2, -0.15) is 5.10 Å². The summed E-state index contributed by atoms with van der Waals surface area (Å²) in [5, 5.41) is 14.6. The highest BCUT2D eigenvalue weighted by Gasteiger charge is 2.17. The molecule has 6 nitrogen and oxygen atoms in total. The Morgan fingerprint density at radius 2 is 2.17 bits per heavy atom. The topological polar surface area (TPSA) is 87.0 Å². The monoisotopic (exact) mass is 246 g/mol. The summed E-state index contributed by atoms with van der Waals surface area (Å²) in [5.41, 5.74) is 8.92. The normalized spacial score (nSPS) is 10.6. The van der Waals surface area contributed by atoms with Gasteiger partial charge in [0.25, 0.3) is 0 Å². The van der Waals surface area contributed by atoms with Gasteiger partial charge in [-0.3, -0.25) is 10.1 Å². The summed E-state index contributed by atoms with van der Waals surface area (Å²) in [5.74, 6) is 0.0842. The van der Waals surface area contributed by atoms with Crippen LogP contribution in [-0.4, -0.2) is 14.7 Å². The quantitative estimate of drug-likeness (QED) is 0.663. The summed E-state index contributed by atoms with van der Waals surface area (Å²) in [4.78, 5) is 10.2. The molecule has 94 valence electrons. The minimum Gasteiger partial charge on any atom is -0.378 e. The van der Waals surface area contributed by atoms with E-state index < -0.39 is 4.92 Å².